The maximum absolute atomic E-state index is 12.3. The summed E-state index contributed by atoms with van der Waals surface area (Å²) in [5.41, 5.74) is 0. The Morgan fingerprint density at radius 2 is 1.95 bits per heavy atom. The normalized spacial score (nSPS) is 17.5. The van der Waals surface area contributed by atoms with E-state index in [1.165, 1.54) is 6.42 Å². The number of urea groups is 1. The number of carboxylic acids is 1. The van der Waals surface area contributed by atoms with Crippen molar-refractivity contribution in [3.8, 4) is 0 Å². The predicted molar refractivity (Wildman–Crippen MR) is 75.5 cm³/mol. The van der Waals surface area contributed by atoms with Crippen LogP contribution in [0.2, 0.25) is 0 Å². The van der Waals surface area contributed by atoms with E-state index in [-0.39, 0.29) is 25.2 Å². The molecule has 0 aromatic heterocycles. The molecule has 0 heterocycles. The van der Waals surface area contributed by atoms with E-state index in [9.17, 15) is 9.59 Å². The zero-order valence-electron chi connectivity index (χ0n) is 12.2. The highest BCUT2D eigenvalue weighted by atomic mass is 16.4. The van der Waals surface area contributed by atoms with Crippen molar-refractivity contribution in [2.24, 2.45) is 0 Å². The van der Waals surface area contributed by atoms with Crippen LogP contribution in [-0.4, -0.2) is 52.3 Å². The van der Waals surface area contributed by atoms with Gasteiger partial charge in [0.05, 0.1) is 6.61 Å². The molecule has 1 saturated carbocycles. The van der Waals surface area contributed by atoms with Gasteiger partial charge in [0.1, 0.15) is 6.04 Å². The number of aliphatic carboxylic acids is 1. The molecule has 0 aromatic carbocycles. The highest BCUT2D eigenvalue weighted by molar-refractivity contribution is 5.82. The lowest BCUT2D eigenvalue weighted by molar-refractivity contribution is -0.139. The van der Waals surface area contributed by atoms with Gasteiger partial charge >= 0.3 is 12.0 Å². The van der Waals surface area contributed by atoms with Crippen LogP contribution in [0.15, 0.2) is 0 Å². The monoisotopic (exact) mass is 286 g/mol. The van der Waals surface area contributed by atoms with E-state index in [0.29, 0.717) is 12.8 Å². The first kappa shape index (κ1) is 16.8. The summed E-state index contributed by atoms with van der Waals surface area (Å²) in [5.74, 6) is -1.01. The minimum absolute atomic E-state index is 0.102. The van der Waals surface area contributed by atoms with Crippen molar-refractivity contribution < 1.29 is 19.8 Å². The summed E-state index contributed by atoms with van der Waals surface area (Å²) >= 11 is 0. The van der Waals surface area contributed by atoms with Crippen molar-refractivity contribution in [1.82, 2.24) is 10.2 Å². The molecule has 1 atom stereocenters. The van der Waals surface area contributed by atoms with E-state index in [1.54, 1.807) is 4.90 Å². The van der Waals surface area contributed by atoms with Crippen molar-refractivity contribution in [3.05, 3.63) is 0 Å². The van der Waals surface area contributed by atoms with Gasteiger partial charge in [0.2, 0.25) is 0 Å². The van der Waals surface area contributed by atoms with E-state index in [1.807, 2.05) is 6.92 Å². The van der Waals surface area contributed by atoms with Gasteiger partial charge in [0, 0.05) is 12.6 Å². The van der Waals surface area contributed by atoms with E-state index < -0.39 is 12.0 Å². The number of aliphatic hydroxyl groups excluding tert-OH is 1. The van der Waals surface area contributed by atoms with Gasteiger partial charge in [-0.15, -0.1) is 0 Å². The fourth-order valence-electron chi connectivity index (χ4n) is 2.73. The minimum Gasteiger partial charge on any atom is -0.480 e. The smallest absolute Gasteiger partial charge is 0.326 e. The van der Waals surface area contributed by atoms with E-state index >= 15 is 0 Å². The van der Waals surface area contributed by atoms with Crippen molar-refractivity contribution in [2.75, 3.05) is 13.2 Å². The summed E-state index contributed by atoms with van der Waals surface area (Å²) in [6.45, 7) is 2.04. The third-order valence-corrected chi connectivity index (χ3v) is 3.79. The molecule has 0 aliphatic heterocycles. The fourth-order valence-corrected chi connectivity index (χ4v) is 2.73. The molecule has 1 rings (SSSR count). The van der Waals surface area contributed by atoms with Gasteiger partial charge in [0.15, 0.2) is 0 Å². The van der Waals surface area contributed by atoms with Gasteiger partial charge in [-0.3, -0.25) is 0 Å². The summed E-state index contributed by atoms with van der Waals surface area (Å²) in [4.78, 5) is 25.0. The first-order valence-electron chi connectivity index (χ1n) is 7.51. The molecule has 3 N–H and O–H groups in total. The van der Waals surface area contributed by atoms with Crippen molar-refractivity contribution in [1.29, 1.82) is 0 Å². The average molecular weight is 286 g/mol. The van der Waals surface area contributed by atoms with Gasteiger partial charge in [-0.05, 0) is 19.3 Å². The highest BCUT2D eigenvalue weighted by Gasteiger charge is 2.28. The van der Waals surface area contributed by atoms with Crippen LogP contribution in [0.4, 0.5) is 4.79 Å². The lowest BCUT2D eigenvalue weighted by Crippen LogP contribution is -2.52. The van der Waals surface area contributed by atoms with Crippen LogP contribution in [0.5, 0.6) is 0 Å². The summed E-state index contributed by atoms with van der Waals surface area (Å²) in [5, 5.41) is 20.8. The number of carbonyl (C=O) groups is 2. The summed E-state index contributed by atoms with van der Waals surface area (Å²) in [6.07, 6.45) is 6.31. The standard InChI is InChI=1S/C14H26N2O4/c1-2-6-12(13(18)19)15-14(20)16(9-10-17)11-7-4-3-5-8-11/h11-12,17H,2-10H2,1H3,(H,15,20)(H,18,19)/t12-/m0/s1. The predicted octanol–water partition coefficient (Wildman–Crippen LogP) is 1.58. The molecule has 1 fully saturated rings. The number of nitrogens with zero attached hydrogens (tertiary/aromatic N) is 1. The number of hydrogen-bond donors (Lipinski definition) is 3. The van der Waals surface area contributed by atoms with Crippen LogP contribution in [-0.2, 0) is 4.79 Å². The Kier molecular flexibility index (Phi) is 7.36. The first-order chi connectivity index (χ1) is 9.60. The number of rotatable bonds is 7. The lowest BCUT2D eigenvalue weighted by atomic mass is 9.94. The van der Waals surface area contributed by atoms with E-state index in [2.05, 4.69) is 5.32 Å². The van der Waals surface area contributed by atoms with Gasteiger partial charge < -0.3 is 20.4 Å². The summed E-state index contributed by atoms with van der Waals surface area (Å²) < 4.78 is 0. The van der Waals surface area contributed by atoms with Crippen LogP contribution in [0.25, 0.3) is 0 Å². The number of carboxylic acid groups (broad SMARTS) is 1. The van der Waals surface area contributed by atoms with Gasteiger partial charge in [0.25, 0.3) is 0 Å². The van der Waals surface area contributed by atoms with Gasteiger partial charge in [-0.2, -0.15) is 0 Å². The third-order valence-electron chi connectivity index (χ3n) is 3.79. The molecule has 116 valence electrons. The molecule has 6 nitrogen and oxygen atoms in total. The van der Waals surface area contributed by atoms with Crippen LogP contribution in [0.1, 0.15) is 51.9 Å². The summed E-state index contributed by atoms with van der Waals surface area (Å²) in [6, 6.07) is -1.10. The Morgan fingerprint density at radius 1 is 1.30 bits per heavy atom. The molecular formula is C14H26N2O4. The molecule has 0 saturated heterocycles. The second-order valence-corrected chi connectivity index (χ2v) is 5.34. The Bertz CT molecular complexity index is 316. The highest BCUT2D eigenvalue weighted by Crippen LogP contribution is 2.22. The Morgan fingerprint density at radius 3 is 2.45 bits per heavy atom. The van der Waals surface area contributed by atoms with E-state index in [4.69, 9.17) is 10.2 Å². The molecule has 0 unspecified atom stereocenters. The maximum atomic E-state index is 12.3. The van der Waals surface area contributed by atoms with Crippen LogP contribution in [0, 0.1) is 0 Å². The number of aliphatic hydroxyl groups is 1. The molecule has 20 heavy (non-hydrogen) atoms. The van der Waals surface area contributed by atoms with Crippen LogP contribution < -0.4 is 5.32 Å². The van der Waals surface area contributed by atoms with E-state index in [0.717, 1.165) is 25.7 Å². The quantitative estimate of drug-likeness (QED) is 0.662. The summed E-state index contributed by atoms with van der Waals surface area (Å²) in [7, 11) is 0. The second-order valence-electron chi connectivity index (χ2n) is 5.34. The Balaban J connectivity index is 2.64. The molecule has 6 heteroatoms. The number of nitrogens with one attached hydrogen (secondary N) is 1. The van der Waals surface area contributed by atoms with Crippen LogP contribution >= 0.6 is 0 Å². The minimum atomic E-state index is -1.01. The number of amides is 2. The molecule has 0 bridgehead atoms. The molecule has 1 aliphatic carbocycles. The van der Waals surface area contributed by atoms with Gasteiger partial charge in [-0.25, -0.2) is 9.59 Å². The van der Waals surface area contributed by atoms with Crippen molar-refractivity contribution in [2.45, 2.75) is 64.0 Å². The second kappa shape index (κ2) is 8.79. The fraction of sp³-hybridized carbons (Fsp3) is 0.857. The first-order valence-corrected chi connectivity index (χ1v) is 7.51. The molecular weight excluding hydrogens is 260 g/mol. The Labute approximate surface area is 120 Å². The van der Waals surface area contributed by atoms with Crippen molar-refractivity contribution >= 4 is 12.0 Å². The lowest BCUT2D eigenvalue weighted by Gasteiger charge is -2.34. The largest absolute Gasteiger partial charge is 0.480 e. The molecule has 2 amide bonds. The Hall–Kier alpha value is -1.30. The van der Waals surface area contributed by atoms with Crippen LogP contribution in [0.3, 0.4) is 0 Å². The third kappa shape index (κ3) is 5.00. The van der Waals surface area contributed by atoms with Crippen molar-refractivity contribution in [3.63, 3.8) is 0 Å². The maximum Gasteiger partial charge on any atom is 0.326 e. The average Bonchev–Trinajstić information content (AvgIpc) is 2.45. The zero-order valence-corrected chi connectivity index (χ0v) is 12.2. The van der Waals surface area contributed by atoms with Gasteiger partial charge in [-0.1, -0.05) is 32.6 Å². The molecule has 0 radical (unpaired) electrons. The molecule has 1 aliphatic rings. The SMILES string of the molecule is CCC[C@H](NC(=O)N(CCO)C1CCCCC1)C(=O)O. The molecule has 0 aromatic rings. The zero-order chi connectivity index (χ0) is 15.0. The topological polar surface area (TPSA) is 89.9 Å². The molecule has 0 spiro atoms. The number of hydrogen-bond acceptors (Lipinski definition) is 3. The number of carbonyl (C=O) groups excluding carboxylic acids is 1.